The number of hydrogen-bond acceptors (Lipinski definition) is 7. The van der Waals surface area contributed by atoms with Gasteiger partial charge in [0.2, 0.25) is 11.8 Å². The minimum Gasteiger partial charge on any atom is -0.369 e. The molecule has 2 heterocycles. The van der Waals surface area contributed by atoms with Crippen molar-refractivity contribution in [1.82, 2.24) is 21.3 Å². The first-order valence-electron chi connectivity index (χ1n) is 15.2. The Balaban J connectivity index is 0.000000890. The number of rotatable bonds is 7. The van der Waals surface area contributed by atoms with Crippen LogP contribution in [-0.4, -0.2) is 28.7 Å². The lowest BCUT2D eigenvalue weighted by molar-refractivity contribution is -0.135. The molecular weight excluding hydrogens is 516 g/mol. The van der Waals surface area contributed by atoms with Crippen molar-refractivity contribution in [2.24, 2.45) is 11.8 Å². The molecule has 1 saturated heterocycles. The largest absolute Gasteiger partial charge is 0.369 e. The van der Waals surface area contributed by atoms with Crippen molar-refractivity contribution in [3.63, 3.8) is 0 Å². The normalized spacial score (nSPS) is 20.6. The molecular formula is C33H54N4O4. The van der Waals surface area contributed by atoms with E-state index in [0.29, 0.717) is 19.4 Å². The van der Waals surface area contributed by atoms with Gasteiger partial charge in [0.25, 0.3) is 0 Å². The number of carbonyl (C=O) groups is 3. The molecule has 1 aromatic rings. The number of hydrazine groups is 2. The lowest BCUT2D eigenvalue weighted by Gasteiger charge is -2.20. The van der Waals surface area contributed by atoms with E-state index < -0.39 is 0 Å². The zero-order chi connectivity index (χ0) is 31.2. The second-order valence-corrected chi connectivity index (χ2v) is 9.12. The average molecular weight is 571 g/mol. The van der Waals surface area contributed by atoms with Crippen LogP contribution in [0.5, 0.6) is 0 Å². The fourth-order valence-corrected chi connectivity index (χ4v) is 4.14. The quantitative estimate of drug-likeness (QED) is 0.322. The predicted octanol–water partition coefficient (Wildman–Crippen LogP) is 6.51. The summed E-state index contributed by atoms with van der Waals surface area (Å²) in [5.41, 5.74) is 9.25. The number of ketones is 1. The number of imide groups is 1. The number of hydrogen-bond donors (Lipinski definition) is 3. The summed E-state index contributed by atoms with van der Waals surface area (Å²) in [5.74, 6) is 0.173. The molecule has 1 aromatic carbocycles. The Morgan fingerprint density at radius 2 is 1.66 bits per heavy atom. The fourth-order valence-electron chi connectivity index (χ4n) is 4.14. The minimum atomic E-state index is -0.141. The monoisotopic (exact) mass is 570 g/mol. The Kier molecular flexibility index (Phi) is 20.7. The number of amides is 2. The van der Waals surface area contributed by atoms with Gasteiger partial charge in [0.1, 0.15) is 0 Å². The first-order valence-corrected chi connectivity index (χ1v) is 15.2. The maximum atomic E-state index is 11.8. The van der Waals surface area contributed by atoms with Gasteiger partial charge < -0.3 is 10.2 Å². The van der Waals surface area contributed by atoms with Crippen molar-refractivity contribution in [3.05, 3.63) is 71.6 Å². The van der Waals surface area contributed by atoms with Gasteiger partial charge >= 0.3 is 0 Å². The van der Waals surface area contributed by atoms with Crippen LogP contribution >= 0.6 is 0 Å². The van der Waals surface area contributed by atoms with E-state index in [0.717, 1.165) is 30.5 Å². The van der Waals surface area contributed by atoms with Crippen LogP contribution in [0.25, 0.3) is 0 Å². The highest BCUT2D eigenvalue weighted by Crippen LogP contribution is 2.26. The number of Topliss-reactive ketones (excluding diaryl/α,β-unsaturated/α-hetero) is 1. The summed E-state index contributed by atoms with van der Waals surface area (Å²) in [6, 6.07) is 8.47. The fraction of sp³-hybridized carbons (Fsp3) is 0.545. The van der Waals surface area contributed by atoms with Crippen molar-refractivity contribution in [2.75, 3.05) is 0 Å². The Labute approximate surface area is 248 Å². The zero-order valence-corrected chi connectivity index (χ0v) is 26.8. The first-order chi connectivity index (χ1) is 19.9. The van der Waals surface area contributed by atoms with Crippen LogP contribution in [0, 0.1) is 11.8 Å². The van der Waals surface area contributed by atoms with Gasteiger partial charge in [0.05, 0.1) is 19.3 Å². The third-order valence-corrected chi connectivity index (χ3v) is 6.36. The summed E-state index contributed by atoms with van der Waals surface area (Å²) in [4.78, 5) is 33.0. The van der Waals surface area contributed by atoms with Crippen LogP contribution in [0.15, 0.2) is 60.5 Å². The highest BCUT2D eigenvalue weighted by molar-refractivity contribution is 5.98. The molecule has 230 valence electrons. The van der Waals surface area contributed by atoms with Gasteiger partial charge in [-0.15, -0.1) is 5.53 Å². The maximum absolute atomic E-state index is 11.8. The summed E-state index contributed by atoms with van der Waals surface area (Å²) in [6.07, 6.45) is 12.8. The SMILES string of the molecule is CC.CC.CC.CC1CCC(=O)NC1=O.CCC1CC(OCc2ccc(CN3C=CNN3)cc2)C=CC=C1C(C)=O. The molecule has 0 radical (unpaired) electrons. The molecule has 41 heavy (non-hydrogen) atoms. The minimum absolute atomic E-state index is 0.0164. The summed E-state index contributed by atoms with van der Waals surface area (Å²) < 4.78 is 6.11. The summed E-state index contributed by atoms with van der Waals surface area (Å²) in [6.45, 7) is 19.0. The topological polar surface area (TPSA) is 99.8 Å². The molecule has 0 spiro atoms. The van der Waals surface area contributed by atoms with E-state index in [4.69, 9.17) is 4.74 Å². The highest BCUT2D eigenvalue weighted by Gasteiger charge is 2.22. The number of nitrogens with one attached hydrogen (secondary N) is 3. The van der Waals surface area contributed by atoms with Crippen molar-refractivity contribution in [2.45, 2.75) is 107 Å². The Bertz CT molecular complexity index is 985. The second-order valence-electron chi connectivity index (χ2n) is 9.12. The van der Waals surface area contributed by atoms with Crippen LogP contribution < -0.4 is 16.3 Å². The van der Waals surface area contributed by atoms with E-state index in [9.17, 15) is 14.4 Å². The van der Waals surface area contributed by atoms with Crippen LogP contribution in [0.2, 0.25) is 0 Å². The molecule has 1 fully saturated rings. The number of carbonyl (C=O) groups excluding carboxylic acids is 3. The summed E-state index contributed by atoms with van der Waals surface area (Å²) in [5, 5.41) is 4.23. The molecule has 0 aromatic heterocycles. The number of benzene rings is 1. The molecule has 2 amide bonds. The van der Waals surface area contributed by atoms with E-state index in [-0.39, 0.29) is 35.5 Å². The molecule has 8 nitrogen and oxygen atoms in total. The van der Waals surface area contributed by atoms with Crippen molar-refractivity contribution in [3.8, 4) is 0 Å². The van der Waals surface area contributed by atoms with Gasteiger partial charge in [0.15, 0.2) is 5.78 Å². The standard InChI is InChI=1S/C21H27N3O2.C6H9NO2.3C2H6/c1-3-19-13-20(5-4-6-21(19)16(2)25)26-15-18-9-7-17(8-10-18)14-24-12-11-22-23-24;1-4-2-3-5(8)7-6(4)9;3*1-2/h4-12,19-20,22-23H,3,13-15H2,1-2H3;4H,2-3H2,1H3,(H,7,8,9);3*1-2H3. The second kappa shape index (κ2) is 22.5. The van der Waals surface area contributed by atoms with Crippen LogP contribution in [0.4, 0.5) is 0 Å². The van der Waals surface area contributed by atoms with E-state index in [1.54, 1.807) is 6.92 Å². The Hall–Kier alpha value is -3.23. The number of allylic oxidation sites excluding steroid dienone is 3. The van der Waals surface area contributed by atoms with Gasteiger partial charge in [-0.2, -0.15) is 0 Å². The summed E-state index contributed by atoms with van der Waals surface area (Å²) in [7, 11) is 0. The average Bonchev–Trinajstić information content (AvgIpc) is 3.42. The predicted molar refractivity (Wildman–Crippen MR) is 168 cm³/mol. The van der Waals surface area contributed by atoms with Crippen molar-refractivity contribution >= 4 is 17.6 Å². The van der Waals surface area contributed by atoms with Gasteiger partial charge in [-0.3, -0.25) is 24.7 Å². The molecule has 3 unspecified atom stereocenters. The van der Waals surface area contributed by atoms with E-state index in [2.05, 4.69) is 53.5 Å². The van der Waals surface area contributed by atoms with E-state index in [1.807, 2.05) is 78.0 Å². The third kappa shape index (κ3) is 14.3. The number of piperidine rings is 1. The molecule has 8 heteroatoms. The molecule has 1 aliphatic carbocycles. The lowest BCUT2D eigenvalue weighted by atomic mass is 9.89. The molecule has 0 saturated carbocycles. The Morgan fingerprint density at radius 3 is 2.17 bits per heavy atom. The molecule has 3 N–H and O–H groups in total. The molecule has 3 atom stereocenters. The third-order valence-electron chi connectivity index (χ3n) is 6.36. The van der Waals surface area contributed by atoms with Crippen molar-refractivity contribution in [1.29, 1.82) is 0 Å². The highest BCUT2D eigenvalue weighted by atomic mass is 16.5. The first kappa shape index (κ1) is 37.8. The van der Waals surface area contributed by atoms with Crippen LogP contribution in [0.3, 0.4) is 0 Å². The van der Waals surface area contributed by atoms with Gasteiger partial charge in [-0.05, 0) is 48.8 Å². The lowest BCUT2D eigenvalue weighted by Crippen LogP contribution is -2.39. The van der Waals surface area contributed by atoms with Crippen molar-refractivity contribution < 1.29 is 19.1 Å². The van der Waals surface area contributed by atoms with E-state index in [1.165, 1.54) is 5.56 Å². The van der Waals surface area contributed by atoms with Gasteiger partial charge in [-0.1, -0.05) is 97.9 Å². The molecule has 3 aliphatic rings. The molecule has 0 bridgehead atoms. The smallest absolute Gasteiger partial charge is 0.229 e. The number of nitrogens with zero attached hydrogens (tertiary/aromatic N) is 1. The Morgan fingerprint density at radius 1 is 1.02 bits per heavy atom. The zero-order valence-electron chi connectivity index (χ0n) is 26.8. The van der Waals surface area contributed by atoms with Gasteiger partial charge in [-0.25, -0.2) is 0 Å². The van der Waals surface area contributed by atoms with Crippen LogP contribution in [0.1, 0.15) is 99.1 Å². The molecule has 2 aliphatic heterocycles. The van der Waals surface area contributed by atoms with Crippen LogP contribution in [-0.2, 0) is 32.3 Å². The van der Waals surface area contributed by atoms with E-state index >= 15 is 0 Å². The number of ether oxygens (including phenoxy) is 1. The maximum Gasteiger partial charge on any atom is 0.229 e. The molecule has 4 rings (SSSR count). The summed E-state index contributed by atoms with van der Waals surface area (Å²) >= 11 is 0. The van der Waals surface area contributed by atoms with Gasteiger partial charge in [0, 0.05) is 24.7 Å².